The molecule has 0 saturated heterocycles. The predicted octanol–water partition coefficient (Wildman–Crippen LogP) is 5.79. The summed E-state index contributed by atoms with van der Waals surface area (Å²) in [5.41, 5.74) is 2.10. The van der Waals surface area contributed by atoms with Gasteiger partial charge in [0.1, 0.15) is 11.6 Å². The molecule has 2 nitrogen and oxygen atoms in total. The Kier molecular flexibility index (Phi) is 6.11. The third-order valence-electron chi connectivity index (χ3n) is 4.78. The highest BCUT2D eigenvalue weighted by molar-refractivity contribution is 5.46. The number of hydrogen-bond donors (Lipinski definition) is 1. The molecule has 1 aliphatic carbocycles. The number of nitrogens with one attached hydrogen (secondary N) is 1. The van der Waals surface area contributed by atoms with Gasteiger partial charge >= 0.3 is 0 Å². The number of ether oxygens (including phenoxy) is 1. The minimum atomic E-state index is -0.200. The van der Waals surface area contributed by atoms with Crippen LogP contribution in [0.4, 0.5) is 10.1 Å². The summed E-state index contributed by atoms with van der Waals surface area (Å²) in [7, 11) is 0. The molecule has 2 aromatic carbocycles. The van der Waals surface area contributed by atoms with Crippen molar-refractivity contribution in [2.75, 3.05) is 11.9 Å². The molecule has 128 valence electrons. The first-order valence-electron chi connectivity index (χ1n) is 9.01. The highest BCUT2D eigenvalue weighted by Gasteiger charge is 2.13. The lowest BCUT2D eigenvalue weighted by Gasteiger charge is -2.21. The van der Waals surface area contributed by atoms with Gasteiger partial charge < -0.3 is 10.1 Å². The monoisotopic (exact) mass is 327 g/mol. The summed E-state index contributed by atoms with van der Waals surface area (Å²) in [6.45, 7) is 1.50. The van der Waals surface area contributed by atoms with Crippen molar-refractivity contribution in [2.45, 2.75) is 45.1 Å². The summed E-state index contributed by atoms with van der Waals surface area (Å²) in [4.78, 5) is 0. The zero-order chi connectivity index (χ0) is 16.6. The van der Waals surface area contributed by atoms with Crippen molar-refractivity contribution in [1.29, 1.82) is 0 Å². The first-order valence-corrected chi connectivity index (χ1v) is 9.01. The van der Waals surface area contributed by atoms with E-state index in [9.17, 15) is 4.39 Å². The smallest absolute Gasteiger partial charge is 0.123 e. The van der Waals surface area contributed by atoms with Gasteiger partial charge in [-0.2, -0.15) is 0 Å². The first-order chi connectivity index (χ1) is 11.8. The maximum Gasteiger partial charge on any atom is 0.123 e. The van der Waals surface area contributed by atoms with E-state index in [0.29, 0.717) is 6.54 Å². The second-order valence-electron chi connectivity index (χ2n) is 6.65. The summed E-state index contributed by atoms with van der Waals surface area (Å²) >= 11 is 0. The van der Waals surface area contributed by atoms with Crippen LogP contribution in [-0.4, -0.2) is 6.61 Å². The van der Waals surface area contributed by atoms with Crippen LogP contribution in [0.25, 0.3) is 0 Å². The lowest BCUT2D eigenvalue weighted by Crippen LogP contribution is -2.10. The molecule has 0 unspecified atom stereocenters. The SMILES string of the molecule is Fc1ccc(CNc2ccc(OCCC3CCCCC3)cc2)cc1. The van der Waals surface area contributed by atoms with Crippen LogP contribution < -0.4 is 10.1 Å². The van der Waals surface area contributed by atoms with Gasteiger partial charge in [-0.15, -0.1) is 0 Å². The Morgan fingerprint density at radius 2 is 1.62 bits per heavy atom. The van der Waals surface area contributed by atoms with E-state index in [2.05, 4.69) is 5.32 Å². The van der Waals surface area contributed by atoms with Crippen LogP contribution in [0.5, 0.6) is 5.75 Å². The number of benzene rings is 2. The van der Waals surface area contributed by atoms with Crippen molar-refractivity contribution in [2.24, 2.45) is 5.92 Å². The van der Waals surface area contributed by atoms with Crippen LogP contribution in [0, 0.1) is 11.7 Å². The molecule has 1 N–H and O–H groups in total. The Morgan fingerprint density at radius 1 is 0.917 bits per heavy atom. The van der Waals surface area contributed by atoms with E-state index in [1.165, 1.54) is 50.7 Å². The molecule has 24 heavy (non-hydrogen) atoms. The third kappa shape index (κ3) is 5.26. The number of anilines is 1. The van der Waals surface area contributed by atoms with E-state index >= 15 is 0 Å². The van der Waals surface area contributed by atoms with Gasteiger partial charge in [-0.25, -0.2) is 4.39 Å². The standard InChI is InChI=1S/C21H26FNO/c22-19-8-6-18(7-9-19)16-23-20-10-12-21(13-11-20)24-15-14-17-4-2-1-3-5-17/h6-13,17,23H,1-5,14-16H2. The minimum absolute atomic E-state index is 0.200. The molecule has 2 aromatic rings. The van der Waals surface area contributed by atoms with E-state index in [-0.39, 0.29) is 5.82 Å². The van der Waals surface area contributed by atoms with E-state index in [1.54, 1.807) is 12.1 Å². The summed E-state index contributed by atoms with van der Waals surface area (Å²) in [5.74, 6) is 1.59. The summed E-state index contributed by atoms with van der Waals surface area (Å²) in [6.07, 6.45) is 8.09. The molecule has 3 rings (SSSR count). The number of hydrogen-bond acceptors (Lipinski definition) is 2. The van der Waals surface area contributed by atoms with E-state index in [1.807, 2.05) is 24.3 Å². The second-order valence-corrected chi connectivity index (χ2v) is 6.65. The molecule has 0 heterocycles. The molecule has 3 heteroatoms. The van der Waals surface area contributed by atoms with Crippen LogP contribution in [0.1, 0.15) is 44.1 Å². The van der Waals surface area contributed by atoms with E-state index in [0.717, 1.165) is 29.5 Å². The normalized spacial score (nSPS) is 15.2. The van der Waals surface area contributed by atoms with Gasteiger partial charge in [-0.1, -0.05) is 44.2 Å². The zero-order valence-electron chi connectivity index (χ0n) is 14.1. The molecule has 0 amide bonds. The van der Waals surface area contributed by atoms with Crippen LogP contribution in [0.3, 0.4) is 0 Å². The maximum absolute atomic E-state index is 12.9. The summed E-state index contributed by atoms with van der Waals surface area (Å²) in [5, 5.41) is 3.34. The molecule has 0 aliphatic heterocycles. The third-order valence-corrected chi connectivity index (χ3v) is 4.78. The highest BCUT2D eigenvalue weighted by Crippen LogP contribution is 2.26. The van der Waals surface area contributed by atoms with Crippen molar-refractivity contribution in [3.63, 3.8) is 0 Å². The molecule has 0 radical (unpaired) electrons. The average molecular weight is 327 g/mol. The predicted molar refractivity (Wildman–Crippen MR) is 96.9 cm³/mol. The fraction of sp³-hybridized carbons (Fsp3) is 0.429. The lowest BCUT2D eigenvalue weighted by molar-refractivity contribution is 0.246. The van der Waals surface area contributed by atoms with Crippen molar-refractivity contribution in [3.8, 4) is 5.75 Å². The largest absolute Gasteiger partial charge is 0.494 e. The number of rotatable bonds is 7. The van der Waals surface area contributed by atoms with Gasteiger partial charge in [-0.05, 0) is 54.3 Å². The van der Waals surface area contributed by atoms with Gasteiger partial charge in [-0.3, -0.25) is 0 Å². The quantitative estimate of drug-likeness (QED) is 0.695. The van der Waals surface area contributed by atoms with Crippen LogP contribution in [0.15, 0.2) is 48.5 Å². The lowest BCUT2D eigenvalue weighted by atomic mass is 9.87. The summed E-state index contributed by atoms with van der Waals surface area (Å²) < 4.78 is 18.8. The average Bonchev–Trinajstić information content (AvgIpc) is 2.63. The van der Waals surface area contributed by atoms with Gasteiger partial charge in [0.2, 0.25) is 0 Å². The molecule has 0 spiro atoms. The Labute approximate surface area is 144 Å². The van der Waals surface area contributed by atoms with Crippen molar-refractivity contribution >= 4 is 5.69 Å². The number of halogens is 1. The Morgan fingerprint density at radius 3 is 2.33 bits per heavy atom. The minimum Gasteiger partial charge on any atom is -0.494 e. The highest BCUT2D eigenvalue weighted by atomic mass is 19.1. The molecule has 1 saturated carbocycles. The Balaban J connectivity index is 1.40. The molecule has 0 aromatic heterocycles. The van der Waals surface area contributed by atoms with Gasteiger partial charge in [0, 0.05) is 12.2 Å². The van der Waals surface area contributed by atoms with Gasteiger partial charge in [0.05, 0.1) is 6.61 Å². The molecule has 0 bridgehead atoms. The van der Waals surface area contributed by atoms with Gasteiger partial charge in [0.15, 0.2) is 0 Å². The fourth-order valence-electron chi connectivity index (χ4n) is 3.29. The Hall–Kier alpha value is -2.03. The molecular weight excluding hydrogens is 301 g/mol. The van der Waals surface area contributed by atoms with Crippen molar-refractivity contribution < 1.29 is 9.13 Å². The fourth-order valence-corrected chi connectivity index (χ4v) is 3.29. The second kappa shape index (κ2) is 8.72. The molecule has 1 fully saturated rings. The maximum atomic E-state index is 12.9. The van der Waals surface area contributed by atoms with Crippen molar-refractivity contribution in [3.05, 3.63) is 59.9 Å². The molecule has 0 atom stereocenters. The van der Waals surface area contributed by atoms with Crippen molar-refractivity contribution in [1.82, 2.24) is 0 Å². The van der Waals surface area contributed by atoms with E-state index in [4.69, 9.17) is 4.74 Å². The molecule has 1 aliphatic rings. The zero-order valence-corrected chi connectivity index (χ0v) is 14.1. The first kappa shape index (κ1) is 16.8. The van der Waals surface area contributed by atoms with Crippen LogP contribution in [-0.2, 0) is 6.54 Å². The topological polar surface area (TPSA) is 21.3 Å². The van der Waals surface area contributed by atoms with E-state index < -0.39 is 0 Å². The van der Waals surface area contributed by atoms with Crippen LogP contribution >= 0.6 is 0 Å². The van der Waals surface area contributed by atoms with Gasteiger partial charge in [0.25, 0.3) is 0 Å². The van der Waals surface area contributed by atoms with Crippen LogP contribution in [0.2, 0.25) is 0 Å². The Bertz CT molecular complexity index is 603. The summed E-state index contributed by atoms with van der Waals surface area (Å²) in [6, 6.07) is 14.6. The molecular formula is C21H26FNO.